The van der Waals surface area contributed by atoms with Gasteiger partial charge < -0.3 is 14.3 Å². The first-order chi connectivity index (χ1) is 12.5. The zero-order valence-electron chi connectivity index (χ0n) is 13.7. The predicted molar refractivity (Wildman–Crippen MR) is 92.4 cm³/mol. The molecule has 26 heavy (non-hydrogen) atoms. The van der Waals surface area contributed by atoms with Crippen molar-refractivity contribution in [3.8, 4) is 5.69 Å². The number of aryl methyl sites for hydroxylation is 1. The maximum atomic E-state index is 14.3. The van der Waals surface area contributed by atoms with Gasteiger partial charge in [-0.1, -0.05) is 0 Å². The van der Waals surface area contributed by atoms with Crippen molar-refractivity contribution in [3.05, 3.63) is 78.1 Å². The molecule has 0 unspecified atom stereocenters. The van der Waals surface area contributed by atoms with E-state index in [1.165, 1.54) is 41.2 Å². The number of aromatic nitrogens is 2. The largest absolute Gasteiger partial charge is 0.451 e. The number of halogens is 2. The number of imidazole rings is 1. The molecular weight excluding hydrogens is 340 g/mol. The number of carbonyl (C=O) groups excluding carboxylic acids is 1. The van der Waals surface area contributed by atoms with Crippen LogP contribution in [-0.2, 0) is 0 Å². The number of carbonyl (C=O) groups is 1. The molecule has 0 saturated heterocycles. The molecule has 0 aliphatic heterocycles. The Bertz CT molecular complexity index is 1120. The summed E-state index contributed by atoms with van der Waals surface area (Å²) in [5, 5.41) is 3.12. The van der Waals surface area contributed by atoms with Crippen molar-refractivity contribution in [2.45, 2.75) is 6.92 Å². The molecule has 0 aliphatic carbocycles. The van der Waals surface area contributed by atoms with Gasteiger partial charge in [0, 0.05) is 29.0 Å². The molecule has 1 amide bonds. The standard InChI is InChI=1S/C19H13F2N3O2/c1-11-14-8-12(20)2-5-17(14)26-18(11)19(25)23-13-3-4-16(15(21)9-13)24-7-6-22-10-24/h2-10H,1H3,(H,23,25). The van der Waals surface area contributed by atoms with Crippen LogP contribution in [-0.4, -0.2) is 15.5 Å². The number of fused-ring (bicyclic) bond motifs is 1. The molecule has 7 heteroatoms. The van der Waals surface area contributed by atoms with Gasteiger partial charge in [-0.2, -0.15) is 0 Å². The van der Waals surface area contributed by atoms with Gasteiger partial charge in [-0.25, -0.2) is 13.8 Å². The average Bonchev–Trinajstić information content (AvgIpc) is 3.24. The highest BCUT2D eigenvalue weighted by Crippen LogP contribution is 2.27. The molecule has 0 aliphatic rings. The monoisotopic (exact) mass is 353 g/mol. The molecule has 2 heterocycles. The van der Waals surface area contributed by atoms with Crippen molar-refractivity contribution in [3.63, 3.8) is 0 Å². The maximum Gasteiger partial charge on any atom is 0.291 e. The Labute approximate surface area is 146 Å². The van der Waals surface area contributed by atoms with Gasteiger partial charge in [0.2, 0.25) is 0 Å². The number of rotatable bonds is 3. The molecule has 4 aromatic rings. The third-order valence-corrected chi connectivity index (χ3v) is 4.09. The molecule has 5 nitrogen and oxygen atoms in total. The van der Waals surface area contributed by atoms with E-state index in [9.17, 15) is 13.6 Å². The molecule has 130 valence electrons. The molecule has 4 rings (SSSR count). The van der Waals surface area contributed by atoms with Crippen LogP contribution >= 0.6 is 0 Å². The van der Waals surface area contributed by atoms with E-state index in [0.29, 0.717) is 22.2 Å². The number of anilines is 1. The van der Waals surface area contributed by atoms with Crippen molar-refractivity contribution in [1.29, 1.82) is 0 Å². The summed E-state index contributed by atoms with van der Waals surface area (Å²) in [6.45, 7) is 1.67. The summed E-state index contributed by atoms with van der Waals surface area (Å²) in [6.07, 6.45) is 4.64. The molecule has 0 bridgehead atoms. The molecule has 2 aromatic carbocycles. The number of benzene rings is 2. The maximum absolute atomic E-state index is 14.3. The SMILES string of the molecule is Cc1c(C(=O)Nc2ccc(-n3ccnc3)c(F)c2)oc2ccc(F)cc12. The Morgan fingerprint density at radius 2 is 2.04 bits per heavy atom. The lowest BCUT2D eigenvalue weighted by Crippen LogP contribution is -2.12. The highest BCUT2D eigenvalue weighted by atomic mass is 19.1. The smallest absolute Gasteiger partial charge is 0.291 e. The summed E-state index contributed by atoms with van der Waals surface area (Å²) in [5.74, 6) is -1.40. The van der Waals surface area contributed by atoms with E-state index < -0.39 is 17.5 Å². The van der Waals surface area contributed by atoms with Crippen LogP contribution in [0.25, 0.3) is 16.7 Å². The number of nitrogens with zero attached hydrogens (tertiary/aromatic N) is 2. The molecule has 0 radical (unpaired) electrons. The summed E-state index contributed by atoms with van der Waals surface area (Å²) in [4.78, 5) is 16.4. The summed E-state index contributed by atoms with van der Waals surface area (Å²) < 4.78 is 34.7. The topological polar surface area (TPSA) is 60.1 Å². The van der Waals surface area contributed by atoms with Gasteiger partial charge >= 0.3 is 0 Å². The summed E-state index contributed by atoms with van der Waals surface area (Å²) in [6, 6.07) is 8.36. The van der Waals surface area contributed by atoms with E-state index in [1.54, 1.807) is 25.4 Å². The number of hydrogen-bond donors (Lipinski definition) is 1. The minimum Gasteiger partial charge on any atom is -0.451 e. The predicted octanol–water partition coefficient (Wildman–Crippen LogP) is 4.46. The first-order valence-electron chi connectivity index (χ1n) is 7.81. The number of furan rings is 1. The van der Waals surface area contributed by atoms with Crippen LogP contribution in [0, 0.1) is 18.6 Å². The van der Waals surface area contributed by atoms with E-state index in [-0.39, 0.29) is 11.4 Å². The molecule has 1 N–H and O–H groups in total. The normalized spacial score (nSPS) is 11.0. The van der Waals surface area contributed by atoms with Gasteiger partial charge in [-0.3, -0.25) is 4.79 Å². The Hall–Kier alpha value is -3.48. The summed E-state index contributed by atoms with van der Waals surface area (Å²) in [5.41, 5.74) is 1.53. The van der Waals surface area contributed by atoms with Crippen LogP contribution in [0.15, 0.2) is 59.5 Å². The van der Waals surface area contributed by atoms with E-state index in [2.05, 4.69) is 10.3 Å². The van der Waals surface area contributed by atoms with Crippen LogP contribution in [0.5, 0.6) is 0 Å². The Balaban J connectivity index is 1.62. The van der Waals surface area contributed by atoms with E-state index >= 15 is 0 Å². The van der Waals surface area contributed by atoms with Crippen LogP contribution in [0.1, 0.15) is 16.1 Å². The molecule has 2 aromatic heterocycles. The lowest BCUT2D eigenvalue weighted by Gasteiger charge is -2.08. The fraction of sp³-hybridized carbons (Fsp3) is 0.0526. The number of nitrogens with one attached hydrogen (secondary N) is 1. The first-order valence-corrected chi connectivity index (χ1v) is 7.81. The fourth-order valence-corrected chi connectivity index (χ4v) is 2.79. The second-order valence-corrected chi connectivity index (χ2v) is 5.79. The van der Waals surface area contributed by atoms with Gasteiger partial charge in [0.25, 0.3) is 5.91 Å². The van der Waals surface area contributed by atoms with Gasteiger partial charge in [-0.15, -0.1) is 0 Å². The minimum absolute atomic E-state index is 0.0599. The first kappa shape index (κ1) is 16.0. The van der Waals surface area contributed by atoms with Crippen molar-refractivity contribution in [1.82, 2.24) is 9.55 Å². The van der Waals surface area contributed by atoms with Crippen molar-refractivity contribution in [2.24, 2.45) is 0 Å². The minimum atomic E-state index is -0.533. The molecule has 0 fully saturated rings. The highest BCUT2D eigenvalue weighted by molar-refractivity contribution is 6.06. The van der Waals surface area contributed by atoms with Gasteiger partial charge in [0.1, 0.15) is 17.2 Å². The van der Waals surface area contributed by atoms with Crippen molar-refractivity contribution < 1.29 is 18.0 Å². The van der Waals surface area contributed by atoms with Gasteiger partial charge in [-0.05, 0) is 43.3 Å². The van der Waals surface area contributed by atoms with E-state index in [0.717, 1.165) is 0 Å². The Morgan fingerprint density at radius 3 is 2.77 bits per heavy atom. The zero-order valence-corrected chi connectivity index (χ0v) is 13.7. The summed E-state index contributed by atoms with van der Waals surface area (Å²) >= 11 is 0. The molecule has 0 saturated carbocycles. The number of hydrogen-bond acceptors (Lipinski definition) is 3. The van der Waals surface area contributed by atoms with Crippen LogP contribution in [0.3, 0.4) is 0 Å². The molecule has 0 atom stereocenters. The van der Waals surface area contributed by atoms with Crippen LogP contribution < -0.4 is 5.32 Å². The average molecular weight is 353 g/mol. The molecule has 0 spiro atoms. The van der Waals surface area contributed by atoms with E-state index in [1.807, 2.05) is 0 Å². The fourth-order valence-electron chi connectivity index (χ4n) is 2.79. The lowest BCUT2D eigenvalue weighted by atomic mass is 10.1. The van der Waals surface area contributed by atoms with Crippen molar-refractivity contribution >= 4 is 22.6 Å². The number of amides is 1. The second kappa shape index (κ2) is 6.11. The highest BCUT2D eigenvalue weighted by Gasteiger charge is 2.18. The van der Waals surface area contributed by atoms with Crippen LogP contribution in [0.4, 0.5) is 14.5 Å². The second-order valence-electron chi connectivity index (χ2n) is 5.79. The lowest BCUT2D eigenvalue weighted by molar-refractivity contribution is 0.0998. The van der Waals surface area contributed by atoms with Gasteiger partial charge in [0.15, 0.2) is 5.76 Å². The zero-order chi connectivity index (χ0) is 18.3. The van der Waals surface area contributed by atoms with Gasteiger partial charge in [0.05, 0.1) is 12.0 Å². The van der Waals surface area contributed by atoms with Crippen molar-refractivity contribution in [2.75, 3.05) is 5.32 Å². The summed E-state index contributed by atoms with van der Waals surface area (Å²) in [7, 11) is 0. The third kappa shape index (κ3) is 2.73. The Kier molecular flexibility index (Phi) is 3.76. The van der Waals surface area contributed by atoms with E-state index in [4.69, 9.17) is 4.42 Å². The molecular formula is C19H13F2N3O2. The third-order valence-electron chi connectivity index (χ3n) is 4.09. The van der Waals surface area contributed by atoms with Crippen LogP contribution in [0.2, 0.25) is 0 Å². The quantitative estimate of drug-likeness (QED) is 0.592. The Morgan fingerprint density at radius 1 is 1.19 bits per heavy atom.